The predicted octanol–water partition coefficient (Wildman–Crippen LogP) is 3.62. The standard InChI is InChI=1S/C20H17NO5S/c1-25-16-9-8-13(10-17(16)26-2)11-18-19(23)21(20(24)27-18)12-15(22)14-6-4-3-5-7-14/h3-11H,12H2,1-2H3/b18-11+. The van der Waals surface area contributed by atoms with Gasteiger partial charge in [-0.2, -0.15) is 0 Å². The monoisotopic (exact) mass is 383 g/mol. The third-order valence-corrected chi connectivity index (χ3v) is 4.88. The molecule has 1 aliphatic rings. The van der Waals surface area contributed by atoms with Crippen molar-refractivity contribution in [1.29, 1.82) is 0 Å². The van der Waals surface area contributed by atoms with Crippen molar-refractivity contribution in [3.8, 4) is 11.5 Å². The summed E-state index contributed by atoms with van der Waals surface area (Å²) in [4.78, 5) is 38.3. The van der Waals surface area contributed by atoms with Gasteiger partial charge in [0.1, 0.15) is 0 Å². The van der Waals surface area contributed by atoms with Crippen LogP contribution in [0.25, 0.3) is 6.08 Å². The van der Waals surface area contributed by atoms with Crippen LogP contribution in [0.5, 0.6) is 11.5 Å². The van der Waals surface area contributed by atoms with Gasteiger partial charge in [-0.05, 0) is 35.5 Å². The van der Waals surface area contributed by atoms with E-state index in [2.05, 4.69) is 0 Å². The van der Waals surface area contributed by atoms with Crippen LogP contribution >= 0.6 is 11.8 Å². The summed E-state index contributed by atoms with van der Waals surface area (Å²) in [6.45, 7) is -0.280. The molecule has 7 heteroatoms. The van der Waals surface area contributed by atoms with E-state index in [9.17, 15) is 14.4 Å². The second kappa shape index (κ2) is 8.09. The Kier molecular flexibility index (Phi) is 5.61. The summed E-state index contributed by atoms with van der Waals surface area (Å²) >= 11 is 0.811. The molecule has 2 aromatic rings. The molecule has 0 unspecified atom stereocenters. The lowest BCUT2D eigenvalue weighted by Gasteiger charge is -2.11. The molecule has 0 N–H and O–H groups in total. The Morgan fingerprint density at radius 3 is 2.41 bits per heavy atom. The lowest BCUT2D eigenvalue weighted by Crippen LogP contribution is -2.33. The number of ether oxygens (including phenoxy) is 2. The van der Waals surface area contributed by atoms with E-state index >= 15 is 0 Å². The Bertz CT molecular complexity index is 923. The maximum Gasteiger partial charge on any atom is 0.293 e. The van der Waals surface area contributed by atoms with Crippen LogP contribution in [0.4, 0.5) is 4.79 Å². The topological polar surface area (TPSA) is 72.9 Å². The van der Waals surface area contributed by atoms with E-state index < -0.39 is 11.1 Å². The summed E-state index contributed by atoms with van der Waals surface area (Å²) in [6.07, 6.45) is 1.60. The van der Waals surface area contributed by atoms with Gasteiger partial charge in [0.15, 0.2) is 17.3 Å². The summed E-state index contributed by atoms with van der Waals surface area (Å²) in [5.74, 6) is 0.315. The molecule has 0 radical (unpaired) electrons. The number of amides is 2. The van der Waals surface area contributed by atoms with Crippen LogP contribution < -0.4 is 9.47 Å². The molecule has 0 aromatic heterocycles. The Labute approximate surface area is 160 Å². The number of nitrogens with zero attached hydrogens (tertiary/aromatic N) is 1. The van der Waals surface area contributed by atoms with Crippen LogP contribution in [0.3, 0.4) is 0 Å². The summed E-state index contributed by atoms with van der Waals surface area (Å²) in [5.41, 5.74) is 1.15. The van der Waals surface area contributed by atoms with Gasteiger partial charge in [-0.15, -0.1) is 0 Å². The van der Waals surface area contributed by atoms with Gasteiger partial charge in [0, 0.05) is 5.56 Å². The zero-order valence-electron chi connectivity index (χ0n) is 14.8. The van der Waals surface area contributed by atoms with E-state index in [1.165, 1.54) is 14.2 Å². The number of hydrogen-bond donors (Lipinski definition) is 0. The van der Waals surface area contributed by atoms with Crippen molar-refractivity contribution in [3.63, 3.8) is 0 Å². The number of ketones is 1. The molecule has 2 aromatic carbocycles. The van der Waals surface area contributed by atoms with Gasteiger partial charge in [0.2, 0.25) is 0 Å². The third kappa shape index (κ3) is 4.03. The van der Waals surface area contributed by atoms with Gasteiger partial charge in [0.05, 0.1) is 25.7 Å². The zero-order valence-corrected chi connectivity index (χ0v) is 15.6. The van der Waals surface area contributed by atoms with Crippen LogP contribution in [0.2, 0.25) is 0 Å². The number of imide groups is 1. The molecule has 1 saturated heterocycles. The summed E-state index contributed by atoms with van der Waals surface area (Å²) < 4.78 is 10.4. The molecule has 1 heterocycles. The quantitative estimate of drug-likeness (QED) is 0.560. The van der Waals surface area contributed by atoms with Crippen LogP contribution in [0, 0.1) is 0 Å². The highest BCUT2D eigenvalue weighted by atomic mass is 32.2. The van der Waals surface area contributed by atoms with Crippen molar-refractivity contribution in [2.75, 3.05) is 20.8 Å². The van der Waals surface area contributed by atoms with Crippen molar-refractivity contribution >= 4 is 34.8 Å². The van der Waals surface area contributed by atoms with E-state index in [4.69, 9.17) is 9.47 Å². The lowest BCUT2D eigenvalue weighted by molar-refractivity contribution is -0.122. The normalized spacial score (nSPS) is 15.3. The summed E-state index contributed by atoms with van der Waals surface area (Å²) in [7, 11) is 3.05. The highest BCUT2D eigenvalue weighted by Gasteiger charge is 2.36. The Balaban J connectivity index is 1.79. The van der Waals surface area contributed by atoms with Crippen molar-refractivity contribution in [3.05, 3.63) is 64.6 Å². The number of rotatable bonds is 6. The maximum atomic E-state index is 12.6. The maximum absolute atomic E-state index is 12.6. The van der Waals surface area contributed by atoms with Crippen molar-refractivity contribution in [1.82, 2.24) is 4.90 Å². The minimum absolute atomic E-state index is 0.257. The molecule has 0 spiro atoms. The number of carbonyl (C=O) groups excluding carboxylic acids is 3. The molecule has 0 bridgehead atoms. The van der Waals surface area contributed by atoms with E-state index in [0.29, 0.717) is 22.6 Å². The number of thioether (sulfide) groups is 1. The molecular formula is C20H17NO5S. The molecule has 0 saturated carbocycles. The molecule has 2 amide bonds. The molecular weight excluding hydrogens is 366 g/mol. The predicted molar refractivity (Wildman–Crippen MR) is 103 cm³/mol. The van der Waals surface area contributed by atoms with Crippen molar-refractivity contribution in [2.45, 2.75) is 0 Å². The molecule has 1 aliphatic heterocycles. The highest BCUT2D eigenvalue weighted by molar-refractivity contribution is 8.18. The molecule has 1 fully saturated rings. The van der Waals surface area contributed by atoms with E-state index in [1.54, 1.807) is 54.6 Å². The van der Waals surface area contributed by atoms with E-state index in [1.807, 2.05) is 0 Å². The van der Waals surface area contributed by atoms with Crippen LogP contribution in [0.1, 0.15) is 15.9 Å². The Morgan fingerprint density at radius 2 is 1.74 bits per heavy atom. The fourth-order valence-corrected chi connectivity index (χ4v) is 3.43. The molecule has 3 rings (SSSR count). The Morgan fingerprint density at radius 1 is 1.04 bits per heavy atom. The average Bonchev–Trinajstić information content (AvgIpc) is 2.95. The van der Waals surface area contributed by atoms with Crippen molar-refractivity contribution < 1.29 is 23.9 Å². The van der Waals surface area contributed by atoms with Gasteiger partial charge >= 0.3 is 0 Å². The first-order valence-electron chi connectivity index (χ1n) is 8.09. The zero-order chi connectivity index (χ0) is 19.4. The Hall–Kier alpha value is -3.06. The number of methoxy groups -OCH3 is 2. The number of Topliss-reactive ketones (excluding diaryl/α,β-unsaturated/α-hetero) is 1. The molecule has 138 valence electrons. The minimum atomic E-state index is -0.482. The van der Waals surface area contributed by atoms with Crippen LogP contribution in [0.15, 0.2) is 53.4 Å². The van der Waals surface area contributed by atoms with E-state index in [0.717, 1.165) is 16.7 Å². The molecule has 0 atom stereocenters. The van der Waals surface area contributed by atoms with Crippen LogP contribution in [-0.4, -0.2) is 42.6 Å². The highest BCUT2D eigenvalue weighted by Crippen LogP contribution is 2.34. The average molecular weight is 383 g/mol. The van der Waals surface area contributed by atoms with Gasteiger partial charge in [-0.1, -0.05) is 36.4 Å². The van der Waals surface area contributed by atoms with Gasteiger partial charge in [0.25, 0.3) is 11.1 Å². The van der Waals surface area contributed by atoms with Gasteiger partial charge in [-0.3, -0.25) is 19.3 Å². The van der Waals surface area contributed by atoms with E-state index in [-0.39, 0.29) is 17.2 Å². The largest absolute Gasteiger partial charge is 0.493 e. The van der Waals surface area contributed by atoms with Crippen LogP contribution in [-0.2, 0) is 4.79 Å². The second-order valence-electron chi connectivity index (χ2n) is 5.67. The molecule has 6 nitrogen and oxygen atoms in total. The molecule has 27 heavy (non-hydrogen) atoms. The first kappa shape index (κ1) is 18.7. The smallest absolute Gasteiger partial charge is 0.293 e. The van der Waals surface area contributed by atoms with Gasteiger partial charge in [-0.25, -0.2) is 0 Å². The first-order chi connectivity index (χ1) is 13.0. The second-order valence-corrected chi connectivity index (χ2v) is 6.66. The number of benzene rings is 2. The summed E-state index contributed by atoms with van der Waals surface area (Å²) in [5, 5.41) is -0.462. The first-order valence-corrected chi connectivity index (χ1v) is 8.90. The number of carbonyl (C=O) groups is 3. The third-order valence-electron chi connectivity index (χ3n) is 3.98. The fraction of sp³-hybridized carbons (Fsp3) is 0.150. The van der Waals surface area contributed by atoms with Gasteiger partial charge < -0.3 is 9.47 Å². The minimum Gasteiger partial charge on any atom is -0.493 e. The SMILES string of the molecule is COc1ccc(/C=C2/SC(=O)N(CC(=O)c3ccccc3)C2=O)cc1OC. The fourth-order valence-electron chi connectivity index (χ4n) is 2.59. The summed E-state index contributed by atoms with van der Waals surface area (Å²) in [6, 6.07) is 13.8. The molecule has 0 aliphatic carbocycles. The number of hydrogen-bond acceptors (Lipinski definition) is 6. The lowest BCUT2D eigenvalue weighted by atomic mass is 10.1. The van der Waals surface area contributed by atoms with Crippen molar-refractivity contribution in [2.24, 2.45) is 0 Å².